The second-order valence-electron chi connectivity index (χ2n) is 8.30. The number of nitrogens with one attached hydrogen (secondary N) is 1. The summed E-state index contributed by atoms with van der Waals surface area (Å²) in [6.45, 7) is 10.8. The maximum Gasteiger partial charge on any atom is 0.241 e. The number of rotatable bonds is 5. The van der Waals surface area contributed by atoms with E-state index in [2.05, 4.69) is 33.3 Å². The van der Waals surface area contributed by atoms with Crippen molar-refractivity contribution in [1.29, 1.82) is 0 Å². The second-order valence-corrected chi connectivity index (χ2v) is 8.30. The summed E-state index contributed by atoms with van der Waals surface area (Å²) in [7, 11) is 0. The van der Waals surface area contributed by atoms with Crippen molar-refractivity contribution in [3.05, 3.63) is 59.8 Å². The Hall–Kier alpha value is -3.28. The maximum atomic E-state index is 13.4. The molecule has 2 aromatic heterocycles. The molecule has 3 aromatic rings. The first-order valence-corrected chi connectivity index (χ1v) is 10.3. The van der Waals surface area contributed by atoms with E-state index in [1.807, 2.05) is 58.3 Å². The Bertz CT molecular complexity index is 1110. The summed E-state index contributed by atoms with van der Waals surface area (Å²) in [5, 5.41) is 3.33. The van der Waals surface area contributed by atoms with Crippen molar-refractivity contribution in [3.8, 4) is 11.1 Å². The minimum atomic E-state index is -0.606. The average Bonchev–Trinajstić information content (AvgIpc) is 2.93. The predicted molar refractivity (Wildman–Crippen MR) is 120 cm³/mol. The topological polar surface area (TPSA) is 71.0 Å². The van der Waals surface area contributed by atoms with E-state index >= 15 is 0 Å². The van der Waals surface area contributed by atoms with Crippen LogP contribution in [0.2, 0.25) is 0 Å². The fourth-order valence-electron chi connectivity index (χ4n) is 3.84. The number of amides is 1. The number of anilines is 3. The van der Waals surface area contributed by atoms with Crippen LogP contribution < -0.4 is 10.2 Å². The van der Waals surface area contributed by atoms with Crippen LogP contribution in [0.1, 0.15) is 44.1 Å². The molecule has 0 radical (unpaired) electrons. The Kier molecular flexibility index (Phi) is 5.02. The van der Waals surface area contributed by atoms with Crippen molar-refractivity contribution in [2.45, 2.75) is 46.5 Å². The van der Waals surface area contributed by atoms with Gasteiger partial charge >= 0.3 is 0 Å². The lowest BCUT2D eigenvalue weighted by Gasteiger charge is -2.21. The Balaban J connectivity index is 1.79. The number of benzene rings is 1. The summed E-state index contributed by atoms with van der Waals surface area (Å²) in [4.78, 5) is 28.4. The van der Waals surface area contributed by atoms with Crippen LogP contribution in [0.4, 0.5) is 17.2 Å². The Labute approximate surface area is 177 Å². The molecule has 0 bridgehead atoms. The molecule has 0 aliphatic carbocycles. The minimum Gasteiger partial charge on any atom is -0.370 e. The molecular weight excluding hydrogens is 374 g/mol. The standard InChI is InChI=1S/C24H27N5O/c1-6-9-25-22-15(2)10-19(14-28-22)29-21-11-17(18-12-26-16(3)27-13-18)7-8-20(21)24(4,5)23(29)30/h7-8,10-14H,6,9H2,1-5H3,(H,25,28). The van der Waals surface area contributed by atoms with Gasteiger partial charge in [-0.1, -0.05) is 19.1 Å². The highest BCUT2D eigenvalue weighted by molar-refractivity contribution is 6.13. The molecule has 3 heterocycles. The molecule has 30 heavy (non-hydrogen) atoms. The lowest BCUT2D eigenvalue weighted by molar-refractivity contribution is -0.121. The molecule has 0 atom stereocenters. The molecule has 1 aliphatic heterocycles. The molecule has 6 nitrogen and oxygen atoms in total. The third-order valence-electron chi connectivity index (χ3n) is 5.63. The van der Waals surface area contributed by atoms with Crippen molar-refractivity contribution in [1.82, 2.24) is 15.0 Å². The SMILES string of the molecule is CCCNc1ncc(N2C(=O)C(C)(C)c3ccc(-c4cnc(C)nc4)cc32)cc1C. The molecule has 0 saturated heterocycles. The van der Waals surface area contributed by atoms with E-state index in [4.69, 9.17) is 0 Å². The van der Waals surface area contributed by atoms with Gasteiger partial charge in [-0.15, -0.1) is 0 Å². The number of nitrogens with zero attached hydrogens (tertiary/aromatic N) is 4. The van der Waals surface area contributed by atoms with Gasteiger partial charge in [0.05, 0.1) is 23.0 Å². The van der Waals surface area contributed by atoms with Crippen molar-refractivity contribution in [2.75, 3.05) is 16.8 Å². The summed E-state index contributed by atoms with van der Waals surface area (Å²) in [5.74, 6) is 1.64. The van der Waals surface area contributed by atoms with Gasteiger partial charge in [0.2, 0.25) is 5.91 Å². The number of fused-ring (bicyclic) bond motifs is 1. The molecule has 0 saturated carbocycles. The van der Waals surface area contributed by atoms with Crippen molar-refractivity contribution < 1.29 is 4.79 Å². The first-order valence-electron chi connectivity index (χ1n) is 10.3. The maximum absolute atomic E-state index is 13.4. The van der Waals surface area contributed by atoms with E-state index in [1.54, 1.807) is 11.1 Å². The normalized spacial score (nSPS) is 14.7. The number of carbonyl (C=O) groups excluding carboxylic acids is 1. The molecular formula is C24H27N5O. The zero-order valence-electron chi connectivity index (χ0n) is 18.2. The molecule has 0 unspecified atom stereocenters. The molecule has 1 aliphatic rings. The molecule has 1 amide bonds. The lowest BCUT2D eigenvalue weighted by atomic mass is 9.85. The Morgan fingerprint density at radius 1 is 1.00 bits per heavy atom. The molecule has 1 aromatic carbocycles. The number of pyridine rings is 1. The average molecular weight is 402 g/mol. The molecule has 4 rings (SSSR count). The lowest BCUT2D eigenvalue weighted by Crippen LogP contribution is -2.33. The van der Waals surface area contributed by atoms with Gasteiger partial charge in [0, 0.05) is 24.5 Å². The van der Waals surface area contributed by atoms with Crippen LogP contribution in [0.15, 0.2) is 42.9 Å². The van der Waals surface area contributed by atoms with Crippen molar-refractivity contribution in [2.24, 2.45) is 0 Å². The summed E-state index contributed by atoms with van der Waals surface area (Å²) in [6.07, 6.45) is 6.43. The van der Waals surface area contributed by atoms with E-state index in [9.17, 15) is 4.79 Å². The first kappa shape index (κ1) is 20.0. The van der Waals surface area contributed by atoms with E-state index in [-0.39, 0.29) is 5.91 Å². The predicted octanol–water partition coefficient (Wildman–Crippen LogP) is 4.93. The highest BCUT2D eigenvalue weighted by Gasteiger charge is 2.44. The van der Waals surface area contributed by atoms with E-state index in [0.29, 0.717) is 0 Å². The van der Waals surface area contributed by atoms with Crippen LogP contribution in [0.25, 0.3) is 11.1 Å². The third-order valence-corrected chi connectivity index (χ3v) is 5.63. The van der Waals surface area contributed by atoms with Crippen LogP contribution in [0.3, 0.4) is 0 Å². The fraction of sp³-hybridized carbons (Fsp3) is 0.333. The summed E-state index contributed by atoms with van der Waals surface area (Å²) < 4.78 is 0. The molecule has 6 heteroatoms. The number of hydrogen-bond acceptors (Lipinski definition) is 5. The van der Waals surface area contributed by atoms with Gasteiger partial charge in [0.1, 0.15) is 11.6 Å². The fourth-order valence-corrected chi connectivity index (χ4v) is 3.84. The van der Waals surface area contributed by atoms with Crippen LogP contribution in [0.5, 0.6) is 0 Å². The van der Waals surface area contributed by atoms with Gasteiger partial charge in [0.15, 0.2) is 0 Å². The quantitative estimate of drug-likeness (QED) is 0.656. The molecule has 1 N–H and O–H groups in total. The highest BCUT2D eigenvalue weighted by atomic mass is 16.2. The zero-order valence-corrected chi connectivity index (χ0v) is 18.2. The van der Waals surface area contributed by atoms with Gasteiger partial charge in [-0.2, -0.15) is 0 Å². The van der Waals surface area contributed by atoms with E-state index in [1.165, 1.54) is 0 Å². The van der Waals surface area contributed by atoms with Crippen LogP contribution in [-0.2, 0) is 10.2 Å². The molecule has 0 spiro atoms. The summed E-state index contributed by atoms with van der Waals surface area (Å²) >= 11 is 0. The number of hydrogen-bond donors (Lipinski definition) is 1. The number of aromatic nitrogens is 3. The smallest absolute Gasteiger partial charge is 0.241 e. The number of aryl methyl sites for hydroxylation is 2. The number of carbonyl (C=O) groups is 1. The first-order chi connectivity index (χ1) is 14.3. The van der Waals surface area contributed by atoms with Gasteiger partial charge in [0.25, 0.3) is 0 Å². The molecule has 0 fully saturated rings. The van der Waals surface area contributed by atoms with Crippen LogP contribution in [-0.4, -0.2) is 27.4 Å². The van der Waals surface area contributed by atoms with Crippen molar-refractivity contribution in [3.63, 3.8) is 0 Å². The van der Waals surface area contributed by atoms with E-state index < -0.39 is 5.41 Å². The van der Waals surface area contributed by atoms with Gasteiger partial charge in [-0.25, -0.2) is 15.0 Å². The Morgan fingerprint density at radius 2 is 1.73 bits per heavy atom. The third kappa shape index (κ3) is 3.32. The van der Waals surface area contributed by atoms with Crippen molar-refractivity contribution >= 4 is 23.1 Å². The van der Waals surface area contributed by atoms with E-state index in [0.717, 1.165) is 58.2 Å². The Morgan fingerprint density at radius 3 is 2.40 bits per heavy atom. The highest BCUT2D eigenvalue weighted by Crippen LogP contribution is 2.46. The zero-order chi connectivity index (χ0) is 21.5. The molecule has 154 valence electrons. The monoisotopic (exact) mass is 401 g/mol. The minimum absolute atomic E-state index is 0.0465. The van der Waals surface area contributed by atoms with Crippen LogP contribution in [0, 0.1) is 13.8 Å². The van der Waals surface area contributed by atoms with Gasteiger partial charge < -0.3 is 5.32 Å². The summed E-state index contributed by atoms with van der Waals surface area (Å²) in [6, 6.07) is 8.15. The summed E-state index contributed by atoms with van der Waals surface area (Å²) in [5.41, 5.74) is 4.99. The van der Waals surface area contributed by atoms with Crippen LogP contribution >= 0.6 is 0 Å². The second kappa shape index (κ2) is 7.52. The van der Waals surface area contributed by atoms with Gasteiger partial charge in [-0.3, -0.25) is 9.69 Å². The van der Waals surface area contributed by atoms with Gasteiger partial charge in [-0.05, 0) is 62.9 Å². The largest absolute Gasteiger partial charge is 0.370 e.